The number of aryl methyl sites for hydroxylation is 2. The fourth-order valence-corrected chi connectivity index (χ4v) is 2.72. The molecule has 8 heteroatoms. The van der Waals surface area contributed by atoms with Gasteiger partial charge in [0.15, 0.2) is 5.69 Å². The molecule has 0 radical (unpaired) electrons. The van der Waals surface area contributed by atoms with E-state index in [4.69, 9.17) is 0 Å². The number of hydrogen-bond donors (Lipinski definition) is 0. The van der Waals surface area contributed by atoms with Crippen LogP contribution in [-0.4, -0.2) is 24.3 Å². The van der Waals surface area contributed by atoms with E-state index in [0.717, 1.165) is 0 Å². The van der Waals surface area contributed by atoms with Crippen molar-refractivity contribution in [3.8, 4) is 11.1 Å². The quantitative estimate of drug-likeness (QED) is 0.544. The topological polar surface area (TPSA) is 103 Å². The van der Waals surface area contributed by atoms with Crippen LogP contribution < -0.4 is 0 Å². The Bertz CT molecular complexity index is 808. The molecule has 2 aliphatic carbocycles. The lowest BCUT2D eigenvalue weighted by Gasteiger charge is -1.93. The van der Waals surface area contributed by atoms with Crippen molar-refractivity contribution in [2.75, 3.05) is 5.75 Å². The Morgan fingerprint density at radius 2 is 2.00 bits per heavy atom. The van der Waals surface area contributed by atoms with Crippen molar-refractivity contribution in [2.45, 2.75) is 25.9 Å². The molecular weight excluding hydrogens is 296 g/mol. The number of hydrogen-bond acceptors (Lipinski definition) is 6. The summed E-state index contributed by atoms with van der Waals surface area (Å²) < 4.78 is 27.0. The van der Waals surface area contributed by atoms with Crippen LogP contribution in [-0.2, 0) is 9.84 Å². The zero-order valence-corrected chi connectivity index (χ0v) is 12.6. The molecule has 1 aromatic heterocycles. The van der Waals surface area contributed by atoms with E-state index in [1.165, 1.54) is 30.5 Å². The fraction of sp³-hybridized carbons (Fsp3) is 0.308. The van der Waals surface area contributed by atoms with E-state index in [0.29, 0.717) is 0 Å². The molecule has 0 atom stereocenters. The predicted molar refractivity (Wildman–Crippen MR) is 75.8 cm³/mol. The first kappa shape index (κ1) is 15.2. The van der Waals surface area contributed by atoms with Gasteiger partial charge >= 0.3 is 10.8 Å². The maximum absolute atomic E-state index is 11.3. The van der Waals surface area contributed by atoms with Crippen LogP contribution in [0.1, 0.15) is 18.2 Å². The summed E-state index contributed by atoms with van der Waals surface area (Å²) >= 11 is 0. The summed E-state index contributed by atoms with van der Waals surface area (Å²) in [5.74, 6) is -0.261. The number of sulfone groups is 1. The van der Waals surface area contributed by atoms with Crippen molar-refractivity contribution < 1.29 is 17.9 Å². The van der Waals surface area contributed by atoms with Crippen molar-refractivity contribution in [1.29, 1.82) is 0 Å². The molecule has 0 fully saturated rings. The Hall–Kier alpha value is -2.22. The van der Waals surface area contributed by atoms with Crippen LogP contribution in [0.2, 0.25) is 0 Å². The minimum Gasteiger partial charge on any atom is -0.337 e. The standard InChI is InChI=1S/C7H6.C6H8N2O5S/c1-5-2-3-6-4-7(5)6;1-3-14(11,12)6-5(8(9)10)4(2)7-13-6/h2-4H,1H3;3H2,1-2H3. The number of aromatic nitrogens is 1. The Balaban J connectivity index is 0.000000189. The fourth-order valence-electron chi connectivity index (χ4n) is 1.79. The van der Waals surface area contributed by atoms with Gasteiger partial charge in [-0.25, -0.2) is 8.42 Å². The van der Waals surface area contributed by atoms with Crippen molar-refractivity contribution in [3.63, 3.8) is 0 Å². The van der Waals surface area contributed by atoms with Gasteiger partial charge in [-0.3, -0.25) is 10.1 Å². The third kappa shape index (κ3) is 2.94. The Kier molecular flexibility index (Phi) is 3.82. The van der Waals surface area contributed by atoms with Crippen LogP contribution in [0, 0.1) is 24.0 Å². The van der Waals surface area contributed by atoms with Crippen LogP contribution >= 0.6 is 0 Å². The summed E-state index contributed by atoms with van der Waals surface area (Å²) in [6.07, 6.45) is 0. The maximum Gasteiger partial charge on any atom is 0.350 e. The average Bonchev–Trinajstić information content (AvgIpc) is 2.97. The second-order valence-corrected chi connectivity index (χ2v) is 6.77. The summed E-state index contributed by atoms with van der Waals surface area (Å²) in [7, 11) is -3.72. The number of rotatable bonds is 3. The SMILES string of the molecule is CCS(=O)(=O)c1onc(C)c1[N+](=O)[O-].Cc1ccc2cc1-2. The molecule has 0 saturated heterocycles. The van der Waals surface area contributed by atoms with E-state index < -0.39 is 25.5 Å². The van der Waals surface area contributed by atoms with Gasteiger partial charge in [-0.1, -0.05) is 24.2 Å². The van der Waals surface area contributed by atoms with Crippen molar-refractivity contribution in [1.82, 2.24) is 5.16 Å². The Morgan fingerprint density at radius 3 is 2.33 bits per heavy atom. The largest absolute Gasteiger partial charge is 0.350 e. The van der Waals surface area contributed by atoms with Crippen LogP contribution in [0.15, 0.2) is 27.8 Å². The highest BCUT2D eigenvalue weighted by molar-refractivity contribution is 7.91. The predicted octanol–water partition coefficient (Wildman–Crippen LogP) is 2.66. The molecule has 0 amide bonds. The first-order valence-corrected chi connectivity index (χ1v) is 7.87. The van der Waals surface area contributed by atoms with E-state index in [-0.39, 0.29) is 11.4 Å². The smallest absolute Gasteiger partial charge is 0.337 e. The molecule has 0 aromatic carbocycles. The third-order valence-electron chi connectivity index (χ3n) is 3.11. The van der Waals surface area contributed by atoms with Gasteiger partial charge in [0.05, 0.1) is 10.7 Å². The first-order chi connectivity index (χ1) is 9.77. The van der Waals surface area contributed by atoms with E-state index in [1.807, 2.05) is 0 Å². The molecule has 0 spiro atoms. The zero-order chi connectivity index (χ0) is 15.8. The van der Waals surface area contributed by atoms with Crippen molar-refractivity contribution in [2.24, 2.45) is 0 Å². The molecule has 0 saturated carbocycles. The summed E-state index contributed by atoms with van der Waals surface area (Å²) in [6.45, 7) is 4.83. The molecular formula is C13H14N2O5S. The van der Waals surface area contributed by atoms with Crippen LogP contribution in [0.3, 0.4) is 0 Å². The van der Waals surface area contributed by atoms with E-state index in [1.54, 1.807) is 0 Å². The molecule has 0 N–H and O–H groups in total. The maximum atomic E-state index is 11.3. The van der Waals surface area contributed by atoms with Gasteiger partial charge in [0.1, 0.15) is 0 Å². The minimum atomic E-state index is -3.72. The van der Waals surface area contributed by atoms with E-state index in [2.05, 4.69) is 34.8 Å². The number of nitrogens with zero attached hydrogens (tertiary/aromatic N) is 2. The van der Waals surface area contributed by atoms with Crippen molar-refractivity contribution >= 4 is 15.5 Å². The van der Waals surface area contributed by atoms with Crippen LogP contribution in [0.4, 0.5) is 5.69 Å². The third-order valence-corrected chi connectivity index (χ3v) is 4.70. The van der Waals surface area contributed by atoms with Crippen LogP contribution in [0.5, 0.6) is 0 Å². The molecule has 1 aromatic rings. The molecule has 7 nitrogen and oxygen atoms in total. The second-order valence-electron chi connectivity index (χ2n) is 4.59. The highest BCUT2D eigenvalue weighted by atomic mass is 32.2. The average molecular weight is 310 g/mol. The molecule has 2 aliphatic rings. The molecule has 0 aliphatic heterocycles. The lowest BCUT2D eigenvalue weighted by atomic mass is 10.3. The van der Waals surface area contributed by atoms with Crippen molar-refractivity contribution in [3.05, 3.63) is 39.6 Å². The molecule has 0 bridgehead atoms. The van der Waals surface area contributed by atoms with Gasteiger partial charge in [-0.2, -0.15) is 0 Å². The lowest BCUT2D eigenvalue weighted by Crippen LogP contribution is -2.05. The van der Waals surface area contributed by atoms with E-state index >= 15 is 0 Å². The highest BCUT2D eigenvalue weighted by Gasteiger charge is 2.33. The number of fused-ring (bicyclic) bond motifs is 1. The molecule has 0 unspecified atom stereocenters. The van der Waals surface area contributed by atoms with E-state index in [9.17, 15) is 18.5 Å². The molecule has 1 heterocycles. The van der Waals surface area contributed by atoms with Gasteiger partial charge < -0.3 is 4.52 Å². The summed E-state index contributed by atoms with van der Waals surface area (Å²) in [6, 6.07) is 6.52. The molecule has 3 rings (SSSR count). The van der Waals surface area contributed by atoms with Gasteiger partial charge in [-0.15, -0.1) is 0 Å². The summed E-state index contributed by atoms with van der Waals surface area (Å²) in [4.78, 5) is 9.70. The summed E-state index contributed by atoms with van der Waals surface area (Å²) in [5, 5.41) is 13.1. The van der Waals surface area contributed by atoms with Gasteiger partial charge in [0.2, 0.25) is 9.84 Å². The second kappa shape index (κ2) is 5.28. The lowest BCUT2D eigenvalue weighted by molar-refractivity contribution is -0.389. The number of nitro groups is 1. The molecule has 21 heavy (non-hydrogen) atoms. The zero-order valence-electron chi connectivity index (χ0n) is 11.8. The van der Waals surface area contributed by atoms with Gasteiger partial charge in [-0.05, 0) is 36.6 Å². The van der Waals surface area contributed by atoms with Gasteiger partial charge in [0, 0.05) is 0 Å². The highest BCUT2D eigenvalue weighted by Crippen LogP contribution is 2.37. The van der Waals surface area contributed by atoms with Crippen LogP contribution in [0.25, 0.3) is 11.1 Å². The number of benzene rings is 1. The molecule has 112 valence electrons. The monoisotopic (exact) mass is 310 g/mol. The minimum absolute atomic E-state index is 0.0398. The van der Waals surface area contributed by atoms with Gasteiger partial charge in [0.25, 0.3) is 0 Å². The first-order valence-electron chi connectivity index (χ1n) is 6.22. The Morgan fingerprint density at radius 1 is 1.33 bits per heavy atom. The summed E-state index contributed by atoms with van der Waals surface area (Å²) in [5.41, 5.74) is 3.72. The normalized spacial score (nSPS) is 11.6. The Labute approximate surface area is 121 Å².